The number of carbonyl (C=O) groups is 2. The topological polar surface area (TPSA) is 69.6 Å². The first-order chi connectivity index (χ1) is 9.23. The van der Waals surface area contributed by atoms with Crippen LogP contribution in [0.4, 0.5) is 4.79 Å². The number of amides is 2. The molecule has 0 aliphatic carbocycles. The number of carbonyl (C=O) groups excluding carboxylic acids is 1. The molecule has 5 nitrogen and oxygen atoms in total. The van der Waals surface area contributed by atoms with Crippen LogP contribution in [0.3, 0.4) is 0 Å². The van der Waals surface area contributed by atoms with E-state index in [0.29, 0.717) is 13.1 Å². The standard InChI is InChI=1S/C15H30N2O3/c1-6-8-10-17(11-9-7-2)14(20)16-12(13(18)19)15(3,4)5/h12H,6-11H2,1-5H3,(H,16,20)(H,18,19)/t12-/m0/s1. The summed E-state index contributed by atoms with van der Waals surface area (Å²) in [5.41, 5.74) is -0.511. The van der Waals surface area contributed by atoms with E-state index in [2.05, 4.69) is 19.2 Å². The van der Waals surface area contributed by atoms with E-state index in [4.69, 9.17) is 0 Å². The Kier molecular flexibility index (Phi) is 8.26. The van der Waals surface area contributed by atoms with E-state index in [1.54, 1.807) is 4.90 Å². The molecule has 0 aromatic heterocycles. The van der Waals surface area contributed by atoms with Crippen LogP contribution in [0.2, 0.25) is 0 Å². The molecule has 0 saturated heterocycles. The average molecular weight is 286 g/mol. The molecule has 0 aromatic rings. The summed E-state index contributed by atoms with van der Waals surface area (Å²) in [7, 11) is 0. The van der Waals surface area contributed by atoms with Gasteiger partial charge in [-0.1, -0.05) is 47.5 Å². The fourth-order valence-electron chi connectivity index (χ4n) is 1.88. The molecule has 5 heteroatoms. The van der Waals surface area contributed by atoms with Gasteiger partial charge < -0.3 is 15.3 Å². The summed E-state index contributed by atoms with van der Waals surface area (Å²) in [6, 6.07) is -1.14. The summed E-state index contributed by atoms with van der Waals surface area (Å²) >= 11 is 0. The smallest absolute Gasteiger partial charge is 0.326 e. The Hall–Kier alpha value is -1.26. The third-order valence-corrected chi connectivity index (χ3v) is 3.23. The lowest BCUT2D eigenvalue weighted by molar-refractivity contribution is -0.142. The molecule has 0 radical (unpaired) electrons. The van der Waals surface area contributed by atoms with Crippen molar-refractivity contribution in [3.8, 4) is 0 Å². The minimum Gasteiger partial charge on any atom is -0.480 e. The highest BCUT2D eigenvalue weighted by molar-refractivity contribution is 5.83. The summed E-state index contributed by atoms with van der Waals surface area (Å²) < 4.78 is 0. The van der Waals surface area contributed by atoms with Crippen molar-refractivity contribution in [2.45, 2.75) is 66.3 Å². The van der Waals surface area contributed by atoms with Crippen molar-refractivity contribution in [2.75, 3.05) is 13.1 Å². The van der Waals surface area contributed by atoms with Crippen LogP contribution in [0.25, 0.3) is 0 Å². The van der Waals surface area contributed by atoms with Crippen LogP contribution in [-0.4, -0.2) is 41.1 Å². The van der Waals surface area contributed by atoms with Crippen LogP contribution in [0.1, 0.15) is 60.3 Å². The molecule has 0 saturated carbocycles. The van der Waals surface area contributed by atoms with Crippen molar-refractivity contribution in [3.63, 3.8) is 0 Å². The molecule has 0 heterocycles. The van der Waals surface area contributed by atoms with E-state index in [0.717, 1.165) is 25.7 Å². The van der Waals surface area contributed by atoms with Crippen molar-refractivity contribution >= 4 is 12.0 Å². The van der Waals surface area contributed by atoms with Gasteiger partial charge in [0.15, 0.2) is 0 Å². The summed E-state index contributed by atoms with van der Waals surface area (Å²) in [5.74, 6) is -0.989. The Morgan fingerprint density at radius 3 is 1.85 bits per heavy atom. The van der Waals surface area contributed by atoms with E-state index in [1.165, 1.54) is 0 Å². The third kappa shape index (κ3) is 6.78. The summed E-state index contributed by atoms with van der Waals surface area (Å²) in [5, 5.41) is 11.9. The number of nitrogens with zero attached hydrogens (tertiary/aromatic N) is 1. The van der Waals surface area contributed by atoms with E-state index in [1.807, 2.05) is 20.8 Å². The Morgan fingerprint density at radius 2 is 1.55 bits per heavy atom. The van der Waals surface area contributed by atoms with Gasteiger partial charge in [0, 0.05) is 13.1 Å². The SMILES string of the molecule is CCCCN(CCCC)C(=O)N[C@@H](C(=O)O)C(C)(C)C. The molecule has 118 valence electrons. The second-order valence-corrected chi connectivity index (χ2v) is 6.28. The molecule has 0 fully saturated rings. The van der Waals surface area contributed by atoms with Gasteiger partial charge >= 0.3 is 12.0 Å². The highest BCUT2D eigenvalue weighted by Gasteiger charge is 2.33. The first-order valence-electron chi connectivity index (χ1n) is 7.52. The Morgan fingerprint density at radius 1 is 1.10 bits per heavy atom. The quantitative estimate of drug-likeness (QED) is 0.720. The second-order valence-electron chi connectivity index (χ2n) is 6.28. The molecule has 0 spiro atoms. The van der Waals surface area contributed by atoms with E-state index in [9.17, 15) is 14.7 Å². The van der Waals surface area contributed by atoms with Crippen LogP contribution in [-0.2, 0) is 4.79 Å². The predicted octanol–water partition coefficient (Wildman–Crippen LogP) is 3.10. The highest BCUT2D eigenvalue weighted by Crippen LogP contribution is 2.19. The van der Waals surface area contributed by atoms with E-state index < -0.39 is 17.4 Å². The number of unbranched alkanes of at least 4 members (excludes halogenated alkanes) is 2. The van der Waals surface area contributed by atoms with Crippen molar-refractivity contribution in [1.29, 1.82) is 0 Å². The number of urea groups is 1. The molecule has 0 aliphatic rings. The zero-order valence-electron chi connectivity index (χ0n) is 13.5. The van der Waals surface area contributed by atoms with Gasteiger partial charge in [0.25, 0.3) is 0 Å². The number of hydrogen-bond acceptors (Lipinski definition) is 2. The molecular weight excluding hydrogens is 256 g/mol. The fraction of sp³-hybridized carbons (Fsp3) is 0.867. The molecular formula is C15H30N2O3. The number of carboxylic acid groups (broad SMARTS) is 1. The van der Waals surface area contributed by atoms with Crippen LogP contribution < -0.4 is 5.32 Å². The molecule has 1 atom stereocenters. The lowest BCUT2D eigenvalue weighted by atomic mass is 9.87. The molecule has 2 amide bonds. The van der Waals surface area contributed by atoms with Gasteiger partial charge in [-0.05, 0) is 18.3 Å². The van der Waals surface area contributed by atoms with Gasteiger partial charge in [0.2, 0.25) is 0 Å². The molecule has 0 bridgehead atoms. The van der Waals surface area contributed by atoms with Crippen molar-refractivity contribution in [2.24, 2.45) is 5.41 Å². The predicted molar refractivity (Wildman–Crippen MR) is 80.8 cm³/mol. The lowest BCUT2D eigenvalue weighted by Gasteiger charge is -2.31. The largest absolute Gasteiger partial charge is 0.480 e. The van der Waals surface area contributed by atoms with Crippen molar-refractivity contribution < 1.29 is 14.7 Å². The monoisotopic (exact) mass is 286 g/mol. The van der Waals surface area contributed by atoms with Gasteiger partial charge in [-0.25, -0.2) is 9.59 Å². The van der Waals surface area contributed by atoms with Gasteiger partial charge in [-0.15, -0.1) is 0 Å². The number of hydrogen-bond donors (Lipinski definition) is 2. The fourth-order valence-corrected chi connectivity index (χ4v) is 1.88. The Bertz CT molecular complexity index is 303. The molecule has 2 N–H and O–H groups in total. The molecule has 0 rings (SSSR count). The van der Waals surface area contributed by atoms with Crippen LogP contribution in [0, 0.1) is 5.41 Å². The van der Waals surface area contributed by atoms with Crippen LogP contribution in [0.15, 0.2) is 0 Å². The molecule has 0 unspecified atom stereocenters. The average Bonchev–Trinajstić information content (AvgIpc) is 2.34. The van der Waals surface area contributed by atoms with Crippen molar-refractivity contribution in [1.82, 2.24) is 10.2 Å². The summed E-state index contributed by atoms with van der Waals surface area (Å²) in [6.45, 7) is 10.9. The van der Waals surface area contributed by atoms with Crippen molar-refractivity contribution in [3.05, 3.63) is 0 Å². The first-order valence-corrected chi connectivity index (χ1v) is 7.52. The van der Waals surface area contributed by atoms with E-state index >= 15 is 0 Å². The molecule has 20 heavy (non-hydrogen) atoms. The zero-order valence-corrected chi connectivity index (χ0v) is 13.5. The summed E-state index contributed by atoms with van der Waals surface area (Å²) in [6.07, 6.45) is 3.89. The van der Waals surface area contributed by atoms with Gasteiger partial charge in [-0.3, -0.25) is 0 Å². The molecule has 0 aromatic carbocycles. The highest BCUT2D eigenvalue weighted by atomic mass is 16.4. The maximum Gasteiger partial charge on any atom is 0.326 e. The number of rotatable bonds is 8. The van der Waals surface area contributed by atoms with Gasteiger partial charge in [0.1, 0.15) is 6.04 Å². The minimum atomic E-state index is -0.989. The zero-order chi connectivity index (χ0) is 15.8. The number of carboxylic acids is 1. The molecule has 0 aliphatic heterocycles. The second kappa shape index (κ2) is 8.82. The van der Waals surface area contributed by atoms with Crippen LogP contribution in [0.5, 0.6) is 0 Å². The first kappa shape index (κ1) is 18.7. The van der Waals surface area contributed by atoms with E-state index in [-0.39, 0.29) is 6.03 Å². The minimum absolute atomic E-state index is 0.269. The Labute approximate surface area is 122 Å². The maximum absolute atomic E-state index is 12.3. The normalized spacial score (nSPS) is 12.8. The lowest BCUT2D eigenvalue weighted by Crippen LogP contribution is -2.53. The number of nitrogens with one attached hydrogen (secondary N) is 1. The number of aliphatic carboxylic acids is 1. The third-order valence-electron chi connectivity index (χ3n) is 3.23. The van der Waals surface area contributed by atoms with Crippen LogP contribution >= 0.6 is 0 Å². The Balaban J connectivity index is 4.73. The summed E-state index contributed by atoms with van der Waals surface area (Å²) in [4.78, 5) is 25.3. The maximum atomic E-state index is 12.3. The van der Waals surface area contributed by atoms with Gasteiger partial charge in [-0.2, -0.15) is 0 Å². The van der Waals surface area contributed by atoms with Gasteiger partial charge in [0.05, 0.1) is 0 Å².